The Labute approximate surface area is 259 Å². The van der Waals surface area contributed by atoms with Crippen LogP contribution in [0.25, 0.3) is 0 Å². The van der Waals surface area contributed by atoms with Gasteiger partial charge in [0.2, 0.25) is 5.91 Å². The molecule has 236 valence electrons. The number of esters is 2. The van der Waals surface area contributed by atoms with Crippen molar-refractivity contribution in [1.29, 1.82) is 0 Å². The number of carbonyl (C=O) groups is 5. The Morgan fingerprint density at radius 3 is 2.24 bits per heavy atom. The van der Waals surface area contributed by atoms with Crippen molar-refractivity contribution in [3.8, 4) is 17.2 Å². The fourth-order valence-corrected chi connectivity index (χ4v) is 4.53. The number of phenols is 1. The first-order valence-electron chi connectivity index (χ1n) is 14.0. The third-order valence-electron chi connectivity index (χ3n) is 6.70. The van der Waals surface area contributed by atoms with Crippen LogP contribution in [0, 0.1) is 0 Å². The van der Waals surface area contributed by atoms with Gasteiger partial charge in [-0.3, -0.25) is 24.1 Å². The van der Waals surface area contributed by atoms with Gasteiger partial charge in [0.15, 0.2) is 17.7 Å². The molecule has 3 aromatic rings. The van der Waals surface area contributed by atoms with E-state index in [1.807, 2.05) is 0 Å². The number of hydrogen-bond acceptors (Lipinski definition) is 10. The van der Waals surface area contributed by atoms with Gasteiger partial charge < -0.3 is 34.7 Å². The van der Waals surface area contributed by atoms with Gasteiger partial charge in [-0.05, 0) is 75.4 Å². The molecule has 3 N–H and O–H groups in total. The van der Waals surface area contributed by atoms with E-state index in [4.69, 9.17) is 14.2 Å². The van der Waals surface area contributed by atoms with E-state index in [1.54, 1.807) is 26.8 Å². The summed E-state index contributed by atoms with van der Waals surface area (Å²) < 4.78 is 20.9. The number of hydrogen-bond donors (Lipinski definition) is 3. The molecule has 0 saturated heterocycles. The number of phenolic OH excluding ortho intramolecular Hbond substituents is 1. The number of nitrogens with zero attached hydrogens (tertiary/aromatic N) is 1. The number of carbonyl (C=O) groups excluding carboxylic acids is 5. The summed E-state index contributed by atoms with van der Waals surface area (Å²) in [5.41, 5.74) is 1.33. The first-order valence-corrected chi connectivity index (χ1v) is 14.0. The maximum atomic E-state index is 13.7. The first kappa shape index (κ1) is 32.3. The van der Waals surface area contributed by atoms with Crippen molar-refractivity contribution in [2.45, 2.75) is 45.9 Å². The molecular formula is C32H33N3O10. The van der Waals surface area contributed by atoms with Gasteiger partial charge in [-0.2, -0.15) is 0 Å². The average Bonchev–Trinajstić information content (AvgIpc) is 3.35. The molecule has 45 heavy (non-hydrogen) atoms. The number of nitrogens with one attached hydrogen (secondary N) is 2. The molecule has 1 heterocycles. The van der Waals surface area contributed by atoms with Gasteiger partial charge in [0.05, 0.1) is 49.2 Å². The molecule has 0 saturated carbocycles. The predicted molar refractivity (Wildman–Crippen MR) is 163 cm³/mol. The molecule has 1 atom stereocenters. The summed E-state index contributed by atoms with van der Waals surface area (Å²) >= 11 is 0. The van der Waals surface area contributed by atoms with E-state index in [1.165, 1.54) is 67.7 Å². The van der Waals surface area contributed by atoms with Crippen molar-refractivity contribution >= 4 is 46.7 Å². The van der Waals surface area contributed by atoms with Crippen molar-refractivity contribution in [2.75, 3.05) is 29.8 Å². The summed E-state index contributed by atoms with van der Waals surface area (Å²) in [6, 6.07) is 13.4. The molecule has 4 rings (SSSR count). The molecule has 0 radical (unpaired) electrons. The minimum atomic E-state index is -0.755. The lowest BCUT2D eigenvalue weighted by atomic mass is 10.1. The molecule has 0 aliphatic carbocycles. The number of fused-ring (bicyclic) bond motifs is 1. The first-order chi connectivity index (χ1) is 21.4. The highest BCUT2D eigenvalue weighted by atomic mass is 16.5. The van der Waals surface area contributed by atoms with Crippen molar-refractivity contribution in [3.63, 3.8) is 0 Å². The molecular weight excluding hydrogens is 586 g/mol. The predicted octanol–water partition coefficient (Wildman–Crippen LogP) is 4.50. The highest BCUT2D eigenvalue weighted by Crippen LogP contribution is 2.43. The van der Waals surface area contributed by atoms with E-state index in [-0.39, 0.29) is 46.9 Å². The van der Waals surface area contributed by atoms with Crippen LogP contribution in [0.15, 0.2) is 54.6 Å². The van der Waals surface area contributed by atoms with Crippen LogP contribution in [-0.4, -0.2) is 61.3 Å². The Morgan fingerprint density at radius 2 is 1.60 bits per heavy atom. The molecule has 13 heteroatoms. The fourth-order valence-electron chi connectivity index (χ4n) is 4.53. The summed E-state index contributed by atoms with van der Waals surface area (Å²) in [6.07, 6.45) is -1.29. The van der Waals surface area contributed by atoms with Gasteiger partial charge >= 0.3 is 11.9 Å². The highest BCUT2D eigenvalue weighted by molar-refractivity contribution is 6.12. The van der Waals surface area contributed by atoms with Gasteiger partial charge in [-0.15, -0.1) is 0 Å². The Balaban J connectivity index is 1.54. The molecule has 0 bridgehead atoms. The van der Waals surface area contributed by atoms with Gasteiger partial charge in [0.25, 0.3) is 11.8 Å². The summed E-state index contributed by atoms with van der Waals surface area (Å²) in [6.45, 7) is 5.10. The molecule has 1 aliphatic heterocycles. The molecule has 0 fully saturated rings. The monoisotopic (exact) mass is 619 g/mol. The molecule has 13 nitrogen and oxygen atoms in total. The minimum Gasteiger partial charge on any atom is -0.504 e. The number of methoxy groups -OCH3 is 2. The standard InChI is InChI=1S/C32H33N3O10/c1-17(2)44-29-23(34-30(39)19-6-9-21(10-7-19)33-26(36)14-15-27(37)42-4)12-11-22(28(29)38)31(40)35-18(3)45-25-16-20(32(41)43-5)8-13-24(25)35/h6-13,16-18,38H,14-15H2,1-5H3,(H,33,36)(H,34,39). The SMILES string of the molecule is COC(=O)CCC(=O)Nc1ccc(C(=O)Nc2ccc(C(=O)N3c4ccc(C(=O)OC)cc4OC3C)c(O)c2OC(C)C)cc1. The largest absolute Gasteiger partial charge is 0.504 e. The highest BCUT2D eigenvalue weighted by Gasteiger charge is 2.36. The van der Waals surface area contributed by atoms with E-state index < -0.39 is 41.8 Å². The molecule has 3 aromatic carbocycles. The number of aromatic hydroxyl groups is 1. The van der Waals surface area contributed by atoms with Crippen LogP contribution >= 0.6 is 0 Å². The van der Waals surface area contributed by atoms with Crippen molar-refractivity contribution < 1.29 is 48.0 Å². The van der Waals surface area contributed by atoms with E-state index in [2.05, 4.69) is 15.4 Å². The van der Waals surface area contributed by atoms with Gasteiger partial charge in [-0.25, -0.2) is 4.79 Å². The maximum Gasteiger partial charge on any atom is 0.337 e. The Hall–Kier alpha value is -5.59. The number of rotatable bonds is 10. The summed E-state index contributed by atoms with van der Waals surface area (Å²) in [5.74, 6) is -2.87. The van der Waals surface area contributed by atoms with Crippen LogP contribution in [0.2, 0.25) is 0 Å². The van der Waals surface area contributed by atoms with Crippen molar-refractivity contribution in [1.82, 2.24) is 0 Å². The smallest absolute Gasteiger partial charge is 0.337 e. The molecule has 1 unspecified atom stereocenters. The third kappa shape index (κ3) is 7.32. The quantitative estimate of drug-likeness (QED) is 0.275. The zero-order valence-electron chi connectivity index (χ0n) is 25.3. The van der Waals surface area contributed by atoms with E-state index in [0.29, 0.717) is 17.1 Å². The van der Waals surface area contributed by atoms with Crippen LogP contribution in [0.3, 0.4) is 0 Å². The van der Waals surface area contributed by atoms with Gasteiger partial charge in [-0.1, -0.05) is 0 Å². The van der Waals surface area contributed by atoms with Gasteiger partial charge in [0, 0.05) is 17.7 Å². The van der Waals surface area contributed by atoms with E-state index >= 15 is 0 Å². The van der Waals surface area contributed by atoms with Crippen LogP contribution in [0.1, 0.15) is 64.7 Å². The number of amides is 3. The Morgan fingerprint density at radius 1 is 0.911 bits per heavy atom. The third-order valence-corrected chi connectivity index (χ3v) is 6.70. The molecule has 0 aromatic heterocycles. The fraction of sp³-hybridized carbons (Fsp3) is 0.281. The van der Waals surface area contributed by atoms with E-state index in [0.717, 1.165) is 0 Å². The minimum absolute atomic E-state index is 0.0535. The number of anilines is 3. The summed E-state index contributed by atoms with van der Waals surface area (Å²) in [4.78, 5) is 63.4. The lowest BCUT2D eigenvalue weighted by molar-refractivity contribution is -0.141. The van der Waals surface area contributed by atoms with Gasteiger partial charge in [0.1, 0.15) is 5.75 Å². The Kier molecular flexibility index (Phi) is 9.91. The van der Waals surface area contributed by atoms with Crippen LogP contribution < -0.4 is 25.0 Å². The lowest BCUT2D eigenvalue weighted by Gasteiger charge is -2.23. The maximum absolute atomic E-state index is 13.7. The van der Waals surface area contributed by atoms with Crippen LogP contribution in [0.4, 0.5) is 17.1 Å². The second-order valence-electron chi connectivity index (χ2n) is 10.2. The lowest BCUT2D eigenvalue weighted by Crippen LogP contribution is -2.37. The van der Waals surface area contributed by atoms with Crippen LogP contribution in [0.5, 0.6) is 17.2 Å². The summed E-state index contributed by atoms with van der Waals surface area (Å²) in [7, 11) is 2.50. The normalized spacial score (nSPS) is 13.4. The molecule has 3 amide bonds. The Bertz CT molecular complexity index is 1630. The number of benzene rings is 3. The van der Waals surface area contributed by atoms with Crippen molar-refractivity contribution in [3.05, 3.63) is 71.3 Å². The summed E-state index contributed by atoms with van der Waals surface area (Å²) in [5, 5.41) is 16.6. The second-order valence-corrected chi connectivity index (χ2v) is 10.2. The zero-order valence-corrected chi connectivity index (χ0v) is 25.3. The van der Waals surface area contributed by atoms with Crippen molar-refractivity contribution in [2.24, 2.45) is 0 Å². The molecule has 0 spiro atoms. The van der Waals surface area contributed by atoms with E-state index in [9.17, 15) is 29.1 Å². The van der Waals surface area contributed by atoms with Crippen LogP contribution in [-0.2, 0) is 19.1 Å². The molecule has 1 aliphatic rings. The zero-order chi connectivity index (χ0) is 32.8. The second kappa shape index (κ2) is 13.8. The topological polar surface area (TPSA) is 170 Å². The average molecular weight is 620 g/mol. The number of ether oxygens (including phenoxy) is 4.